The third-order valence-corrected chi connectivity index (χ3v) is 3.94. The quantitative estimate of drug-likeness (QED) is 0.896. The Kier molecular flexibility index (Phi) is 7.05. The fraction of sp³-hybridized carbons (Fsp3) is 0.533. The molecule has 0 saturated heterocycles. The molecule has 3 nitrogen and oxygen atoms in total. The molecule has 3 N–H and O–H groups in total. The second-order valence-electron chi connectivity index (χ2n) is 5.34. The first-order valence-electron chi connectivity index (χ1n) is 7.04. The summed E-state index contributed by atoms with van der Waals surface area (Å²) in [4.78, 5) is 12.0. The van der Waals surface area contributed by atoms with Gasteiger partial charge in [0.2, 0.25) is 5.91 Å². The van der Waals surface area contributed by atoms with Crippen LogP contribution in [0.15, 0.2) is 18.2 Å². The Bertz CT molecular complexity index is 485. The highest BCUT2D eigenvalue weighted by Gasteiger charge is 2.25. The number of nitrogens with two attached hydrogens (primary N) is 1. The molecule has 1 amide bonds. The number of carbonyl (C=O) groups is 1. The molecule has 0 aromatic heterocycles. The van der Waals surface area contributed by atoms with E-state index in [9.17, 15) is 13.6 Å². The molecule has 1 saturated carbocycles. The fourth-order valence-corrected chi connectivity index (χ4v) is 2.80. The van der Waals surface area contributed by atoms with Crippen molar-refractivity contribution in [3.05, 3.63) is 35.4 Å². The average molecular weight is 319 g/mol. The van der Waals surface area contributed by atoms with Crippen molar-refractivity contribution in [3.8, 4) is 0 Å². The van der Waals surface area contributed by atoms with Crippen LogP contribution >= 0.6 is 12.4 Å². The van der Waals surface area contributed by atoms with Gasteiger partial charge in [0.15, 0.2) is 11.6 Å². The Labute approximate surface area is 129 Å². The number of amides is 1. The first-order chi connectivity index (χ1) is 9.61. The average Bonchev–Trinajstić information content (AvgIpc) is 2.44. The van der Waals surface area contributed by atoms with Crippen LogP contribution in [0.25, 0.3) is 0 Å². The molecule has 2 unspecified atom stereocenters. The van der Waals surface area contributed by atoms with Crippen molar-refractivity contribution in [3.63, 3.8) is 0 Å². The van der Waals surface area contributed by atoms with Crippen molar-refractivity contribution in [1.82, 2.24) is 5.32 Å². The van der Waals surface area contributed by atoms with E-state index in [0.717, 1.165) is 31.7 Å². The third-order valence-electron chi connectivity index (χ3n) is 3.94. The molecule has 0 radical (unpaired) electrons. The van der Waals surface area contributed by atoms with Crippen LogP contribution in [0, 0.1) is 17.6 Å². The molecule has 1 fully saturated rings. The van der Waals surface area contributed by atoms with Crippen LogP contribution in [-0.4, -0.2) is 18.5 Å². The van der Waals surface area contributed by atoms with Crippen LogP contribution in [0.5, 0.6) is 0 Å². The Hall–Kier alpha value is -1.20. The van der Waals surface area contributed by atoms with Gasteiger partial charge in [0.25, 0.3) is 0 Å². The summed E-state index contributed by atoms with van der Waals surface area (Å²) in [5.74, 6) is -1.86. The highest BCUT2D eigenvalue weighted by atomic mass is 35.5. The van der Waals surface area contributed by atoms with Gasteiger partial charge >= 0.3 is 0 Å². The first kappa shape index (κ1) is 17.9. The second-order valence-corrected chi connectivity index (χ2v) is 5.34. The molecule has 2 rings (SSSR count). The van der Waals surface area contributed by atoms with E-state index in [-0.39, 0.29) is 42.3 Å². The van der Waals surface area contributed by atoms with E-state index < -0.39 is 11.6 Å². The topological polar surface area (TPSA) is 55.1 Å². The molecule has 1 aromatic carbocycles. The zero-order chi connectivity index (χ0) is 14.5. The predicted octanol–water partition coefficient (Wildman–Crippen LogP) is 2.56. The summed E-state index contributed by atoms with van der Waals surface area (Å²) < 4.78 is 26.6. The molecule has 1 aliphatic rings. The van der Waals surface area contributed by atoms with Gasteiger partial charge in [0, 0.05) is 11.6 Å². The van der Waals surface area contributed by atoms with Gasteiger partial charge in [0.05, 0.1) is 6.42 Å². The van der Waals surface area contributed by atoms with E-state index in [0.29, 0.717) is 6.54 Å². The lowest BCUT2D eigenvalue weighted by atomic mass is 9.84. The van der Waals surface area contributed by atoms with Crippen LogP contribution < -0.4 is 11.1 Å². The Morgan fingerprint density at radius 3 is 2.71 bits per heavy atom. The molecular formula is C15H21ClF2N2O. The lowest BCUT2D eigenvalue weighted by Crippen LogP contribution is -2.45. The van der Waals surface area contributed by atoms with E-state index in [4.69, 9.17) is 5.73 Å². The van der Waals surface area contributed by atoms with Gasteiger partial charge < -0.3 is 11.1 Å². The summed E-state index contributed by atoms with van der Waals surface area (Å²) in [6, 6.07) is 3.93. The van der Waals surface area contributed by atoms with Crippen LogP contribution in [0.2, 0.25) is 0 Å². The second kappa shape index (κ2) is 8.29. The molecule has 1 aromatic rings. The van der Waals surface area contributed by atoms with E-state index >= 15 is 0 Å². The van der Waals surface area contributed by atoms with Gasteiger partial charge in [-0.05, 0) is 31.4 Å². The van der Waals surface area contributed by atoms with Gasteiger partial charge in [-0.1, -0.05) is 25.0 Å². The fourth-order valence-electron chi connectivity index (χ4n) is 2.80. The standard InChI is InChI=1S/C15H20F2N2O.ClH/c16-12-6-3-5-10(15(12)17)8-14(20)19-13-7-2-1-4-11(13)9-18;/h3,5-6,11,13H,1-2,4,7-9,18H2,(H,19,20);1H. The van der Waals surface area contributed by atoms with E-state index in [2.05, 4.69) is 5.32 Å². The smallest absolute Gasteiger partial charge is 0.224 e. The summed E-state index contributed by atoms with van der Waals surface area (Å²) in [5.41, 5.74) is 5.79. The Balaban J connectivity index is 0.00000220. The van der Waals surface area contributed by atoms with Gasteiger partial charge in [0.1, 0.15) is 0 Å². The number of hydrogen-bond donors (Lipinski definition) is 2. The van der Waals surface area contributed by atoms with Crippen molar-refractivity contribution < 1.29 is 13.6 Å². The van der Waals surface area contributed by atoms with Crippen LogP contribution in [0.1, 0.15) is 31.2 Å². The van der Waals surface area contributed by atoms with Crippen molar-refractivity contribution in [2.45, 2.75) is 38.1 Å². The normalized spacial score (nSPS) is 21.5. The van der Waals surface area contributed by atoms with Gasteiger partial charge in [-0.2, -0.15) is 0 Å². The zero-order valence-corrected chi connectivity index (χ0v) is 12.6. The molecule has 2 atom stereocenters. The SMILES string of the molecule is Cl.NCC1CCCCC1NC(=O)Cc1cccc(F)c1F. The van der Waals surface area contributed by atoms with Crippen molar-refractivity contribution in [2.24, 2.45) is 11.7 Å². The first-order valence-corrected chi connectivity index (χ1v) is 7.04. The number of hydrogen-bond acceptors (Lipinski definition) is 2. The van der Waals surface area contributed by atoms with E-state index in [1.807, 2.05) is 0 Å². The van der Waals surface area contributed by atoms with Gasteiger partial charge in [-0.3, -0.25) is 4.79 Å². The van der Waals surface area contributed by atoms with Crippen molar-refractivity contribution >= 4 is 18.3 Å². The lowest BCUT2D eigenvalue weighted by molar-refractivity contribution is -0.121. The summed E-state index contributed by atoms with van der Waals surface area (Å²) in [6.45, 7) is 0.541. The van der Waals surface area contributed by atoms with Crippen LogP contribution in [0.3, 0.4) is 0 Å². The maximum Gasteiger partial charge on any atom is 0.224 e. The molecule has 0 aliphatic heterocycles. The van der Waals surface area contributed by atoms with Crippen LogP contribution in [0.4, 0.5) is 8.78 Å². The largest absolute Gasteiger partial charge is 0.353 e. The van der Waals surface area contributed by atoms with E-state index in [1.54, 1.807) is 0 Å². The number of benzene rings is 1. The number of carbonyl (C=O) groups excluding carboxylic acids is 1. The highest BCUT2D eigenvalue weighted by molar-refractivity contribution is 5.85. The number of rotatable bonds is 4. The molecule has 0 bridgehead atoms. The summed E-state index contributed by atoms with van der Waals surface area (Å²) in [6.07, 6.45) is 3.97. The summed E-state index contributed by atoms with van der Waals surface area (Å²) in [5, 5.41) is 2.91. The summed E-state index contributed by atoms with van der Waals surface area (Å²) >= 11 is 0. The number of halogens is 3. The molecule has 21 heavy (non-hydrogen) atoms. The lowest BCUT2D eigenvalue weighted by Gasteiger charge is -2.31. The van der Waals surface area contributed by atoms with Gasteiger partial charge in [-0.15, -0.1) is 12.4 Å². The molecule has 118 valence electrons. The van der Waals surface area contributed by atoms with E-state index in [1.165, 1.54) is 12.1 Å². The molecule has 6 heteroatoms. The predicted molar refractivity (Wildman–Crippen MR) is 80.3 cm³/mol. The highest BCUT2D eigenvalue weighted by Crippen LogP contribution is 2.23. The van der Waals surface area contributed by atoms with Crippen molar-refractivity contribution in [1.29, 1.82) is 0 Å². The molecule has 0 heterocycles. The van der Waals surface area contributed by atoms with Crippen LogP contribution in [-0.2, 0) is 11.2 Å². The zero-order valence-electron chi connectivity index (χ0n) is 11.8. The van der Waals surface area contributed by atoms with Gasteiger partial charge in [-0.25, -0.2) is 8.78 Å². The Morgan fingerprint density at radius 2 is 2.00 bits per heavy atom. The minimum absolute atomic E-state index is 0. The third kappa shape index (κ3) is 4.64. The number of nitrogens with one attached hydrogen (secondary N) is 1. The maximum absolute atomic E-state index is 13.5. The minimum atomic E-state index is -0.943. The van der Waals surface area contributed by atoms with Crippen molar-refractivity contribution in [2.75, 3.05) is 6.54 Å². The molecule has 0 spiro atoms. The monoisotopic (exact) mass is 318 g/mol. The minimum Gasteiger partial charge on any atom is -0.353 e. The molecule has 1 aliphatic carbocycles. The Morgan fingerprint density at radius 1 is 1.29 bits per heavy atom. The maximum atomic E-state index is 13.5. The molecular weight excluding hydrogens is 298 g/mol. The summed E-state index contributed by atoms with van der Waals surface area (Å²) in [7, 11) is 0.